The third-order valence-electron chi connectivity index (χ3n) is 3.66. The monoisotopic (exact) mass is 321 g/mol. The molecule has 0 unspecified atom stereocenters. The van der Waals surface area contributed by atoms with Crippen LogP contribution >= 0.6 is 0 Å². The van der Waals surface area contributed by atoms with Crippen molar-refractivity contribution in [1.82, 2.24) is 10.2 Å². The normalized spacial score (nSPS) is 15.1. The van der Waals surface area contributed by atoms with Crippen LogP contribution in [0.3, 0.4) is 0 Å². The van der Waals surface area contributed by atoms with Crippen molar-refractivity contribution in [2.45, 2.75) is 0 Å². The number of carbonyl (C=O) groups excluding carboxylic acids is 1. The molecule has 0 radical (unpaired) electrons. The number of carbonyl (C=O) groups is 2. The van der Waals surface area contributed by atoms with E-state index in [9.17, 15) is 18.7 Å². The van der Waals surface area contributed by atoms with Crippen molar-refractivity contribution >= 4 is 24.7 Å². The number of hydrogen-bond acceptors (Lipinski definition) is 5. The molecule has 0 aliphatic carbocycles. The molecule has 122 valence electrons. The first-order valence-electron chi connectivity index (χ1n) is 7.21. The van der Waals surface area contributed by atoms with Crippen LogP contribution < -0.4 is 10.2 Å². The number of nitrogens with zero attached hydrogens (tertiary/aromatic N) is 2. The number of hydrogen-bond donors (Lipinski definition) is 2. The Hall–Kier alpha value is -2.29. The second-order valence-electron chi connectivity index (χ2n) is 5.19. The van der Waals surface area contributed by atoms with Crippen molar-refractivity contribution in [2.24, 2.45) is 0 Å². The molecule has 0 spiro atoms. The van der Waals surface area contributed by atoms with Gasteiger partial charge in [0.2, 0.25) is 0 Å². The molecule has 23 heavy (non-hydrogen) atoms. The molecule has 1 aliphatic rings. The summed E-state index contributed by atoms with van der Waals surface area (Å²) in [4.78, 5) is 26.3. The Labute approximate surface area is 133 Å². The van der Waals surface area contributed by atoms with Crippen LogP contribution in [0.25, 0.3) is 0 Å². The number of piperazine rings is 1. The number of aliphatic carboxylic acids is 1. The molecule has 7 nitrogen and oxygen atoms in total. The Morgan fingerprint density at radius 3 is 2.57 bits per heavy atom. The molecule has 0 aromatic heterocycles. The number of amides is 1. The second kappa shape index (κ2) is 7.82. The fraction of sp³-hybridized carbons (Fsp3) is 0.429. The van der Waals surface area contributed by atoms with Gasteiger partial charge in [0, 0.05) is 0 Å². The van der Waals surface area contributed by atoms with E-state index in [2.05, 4.69) is 5.32 Å². The maximum absolute atomic E-state index is 13.8. The van der Waals surface area contributed by atoms with Gasteiger partial charge in [0.15, 0.2) is 0 Å². The molecular weight excluding hydrogens is 304 g/mol. The van der Waals surface area contributed by atoms with E-state index >= 15 is 0 Å². The molecule has 1 saturated heterocycles. The van der Waals surface area contributed by atoms with Crippen molar-refractivity contribution < 1.29 is 23.8 Å². The van der Waals surface area contributed by atoms with Crippen LogP contribution in [0, 0.1) is 5.82 Å². The minimum atomic E-state index is -1.19. The van der Waals surface area contributed by atoms with E-state index in [-0.39, 0.29) is 5.56 Å². The summed E-state index contributed by atoms with van der Waals surface area (Å²) in [5.74, 6) is -2.65. The van der Waals surface area contributed by atoms with Gasteiger partial charge in [-0.1, -0.05) is 0 Å². The van der Waals surface area contributed by atoms with E-state index in [1.54, 1.807) is 6.07 Å². The van der Waals surface area contributed by atoms with Gasteiger partial charge in [0.05, 0.1) is 0 Å². The van der Waals surface area contributed by atoms with Gasteiger partial charge in [-0.15, -0.1) is 0 Å². The van der Waals surface area contributed by atoms with Crippen molar-refractivity contribution in [1.29, 1.82) is 0 Å². The fourth-order valence-electron chi connectivity index (χ4n) is 2.43. The summed E-state index contributed by atoms with van der Waals surface area (Å²) in [6.07, 6.45) is 0.389. The summed E-state index contributed by atoms with van der Waals surface area (Å²) < 4.78 is 24.3. The molecule has 1 aromatic carbocycles. The fourth-order valence-corrected chi connectivity index (χ4v) is 2.43. The SMILES string of the molecule is O=BCN1CCN(c2ccc(F)c(C(=O)NCC(=O)O)c2)CC1. The number of nitrogens with one attached hydrogen (secondary N) is 1. The zero-order valence-electron chi connectivity index (χ0n) is 12.5. The maximum atomic E-state index is 13.8. The molecule has 1 fully saturated rings. The van der Waals surface area contributed by atoms with E-state index in [4.69, 9.17) is 5.11 Å². The summed E-state index contributed by atoms with van der Waals surface area (Å²) in [5, 5.41) is 10.7. The van der Waals surface area contributed by atoms with Gasteiger partial charge in [0.1, 0.15) is 0 Å². The summed E-state index contributed by atoms with van der Waals surface area (Å²) in [6, 6.07) is 4.20. The second-order valence-corrected chi connectivity index (χ2v) is 5.19. The van der Waals surface area contributed by atoms with Crippen molar-refractivity contribution in [3.8, 4) is 0 Å². The minimum absolute atomic E-state index is 0.181. The Morgan fingerprint density at radius 1 is 1.26 bits per heavy atom. The van der Waals surface area contributed by atoms with Crippen molar-refractivity contribution in [2.75, 3.05) is 44.1 Å². The summed E-state index contributed by atoms with van der Waals surface area (Å²) >= 11 is 0. The van der Waals surface area contributed by atoms with Gasteiger partial charge in [-0.2, -0.15) is 0 Å². The molecule has 1 aromatic rings. The van der Waals surface area contributed by atoms with Gasteiger partial charge in [0.25, 0.3) is 0 Å². The van der Waals surface area contributed by atoms with Crippen LogP contribution in [0.2, 0.25) is 0 Å². The van der Waals surface area contributed by atoms with Crippen LogP contribution in [0.1, 0.15) is 10.4 Å². The number of benzene rings is 1. The van der Waals surface area contributed by atoms with Crippen LogP contribution in [-0.2, 0) is 9.50 Å². The van der Waals surface area contributed by atoms with E-state index in [1.807, 2.05) is 9.80 Å². The van der Waals surface area contributed by atoms with Gasteiger partial charge in [-0.3, -0.25) is 4.79 Å². The quantitative estimate of drug-likeness (QED) is 0.704. The first-order valence-corrected chi connectivity index (χ1v) is 7.21. The van der Waals surface area contributed by atoms with Crippen LogP contribution in [-0.4, -0.2) is 68.2 Å². The number of carboxylic acids is 1. The molecule has 2 rings (SSSR count). The molecule has 1 aliphatic heterocycles. The van der Waals surface area contributed by atoms with E-state index < -0.39 is 24.2 Å². The number of halogens is 1. The summed E-state index contributed by atoms with van der Waals surface area (Å²) in [6.45, 7) is 2.17. The van der Waals surface area contributed by atoms with E-state index in [1.165, 1.54) is 12.1 Å². The van der Waals surface area contributed by atoms with E-state index in [0.29, 0.717) is 38.3 Å². The summed E-state index contributed by atoms with van der Waals surface area (Å²) in [7, 11) is 0.860. The standard InChI is InChI=1S/C14H17BFN3O4/c16-12-2-1-10(7-11(12)14(22)17-8-13(20)21)19-5-3-18(4-6-19)9-15-23/h1-2,7H,3-6,8-9H2,(H,17,22)(H,20,21). The van der Waals surface area contributed by atoms with Crippen molar-refractivity contribution in [3.05, 3.63) is 29.6 Å². The zero-order chi connectivity index (χ0) is 16.8. The number of anilines is 1. The first-order chi connectivity index (χ1) is 11.0. The number of carboxylic acid groups (broad SMARTS) is 1. The van der Waals surface area contributed by atoms with Crippen LogP contribution in [0.5, 0.6) is 0 Å². The Bertz CT molecular complexity index is 606. The third kappa shape index (κ3) is 4.59. The molecule has 0 saturated carbocycles. The predicted molar refractivity (Wildman–Crippen MR) is 81.5 cm³/mol. The molecule has 2 N–H and O–H groups in total. The average molecular weight is 321 g/mol. The molecule has 0 bridgehead atoms. The Kier molecular flexibility index (Phi) is 5.81. The van der Waals surface area contributed by atoms with Crippen LogP contribution in [0.4, 0.5) is 10.1 Å². The Morgan fingerprint density at radius 2 is 1.96 bits per heavy atom. The van der Waals surface area contributed by atoms with Crippen molar-refractivity contribution in [3.63, 3.8) is 0 Å². The predicted octanol–water partition coefficient (Wildman–Crippen LogP) is -0.231. The van der Waals surface area contributed by atoms with Crippen LogP contribution in [0.15, 0.2) is 18.2 Å². The first kappa shape index (κ1) is 17.1. The molecule has 1 amide bonds. The Balaban J connectivity index is 2.06. The van der Waals surface area contributed by atoms with Gasteiger partial charge < -0.3 is 5.11 Å². The average Bonchev–Trinajstić information content (AvgIpc) is 2.54. The molecular formula is C14H17BFN3O4. The molecule has 0 atom stereocenters. The molecule has 9 heteroatoms. The topological polar surface area (TPSA) is 90.0 Å². The summed E-state index contributed by atoms with van der Waals surface area (Å²) in [5.41, 5.74) is 0.511. The van der Waals surface area contributed by atoms with Gasteiger partial charge in [-0.05, 0) is 0 Å². The third-order valence-corrected chi connectivity index (χ3v) is 3.66. The molecule has 1 heterocycles. The van der Waals surface area contributed by atoms with Gasteiger partial charge >= 0.3 is 122 Å². The van der Waals surface area contributed by atoms with E-state index in [0.717, 1.165) is 7.15 Å². The zero-order valence-corrected chi connectivity index (χ0v) is 12.5. The number of rotatable bonds is 6. The van der Waals surface area contributed by atoms with Gasteiger partial charge in [-0.25, -0.2) is 0 Å².